The second-order valence-corrected chi connectivity index (χ2v) is 39.9. The van der Waals surface area contributed by atoms with E-state index in [4.69, 9.17) is 86.1 Å². The van der Waals surface area contributed by atoms with Crippen LogP contribution in [-0.2, 0) is 59.4 Å². The zero-order chi connectivity index (χ0) is 99.3. The van der Waals surface area contributed by atoms with Gasteiger partial charge >= 0.3 is 6.18 Å². The summed E-state index contributed by atoms with van der Waals surface area (Å²) in [5.74, 6) is -1.44. The third-order valence-electron chi connectivity index (χ3n) is 28.5. The molecule has 5 aromatic carbocycles. The maximum absolute atomic E-state index is 13.6. The van der Waals surface area contributed by atoms with Gasteiger partial charge in [-0.1, -0.05) is 103 Å². The molecular formula is C100H112Cl5F7N10O16. The van der Waals surface area contributed by atoms with E-state index in [1.54, 1.807) is 24.5 Å². The van der Waals surface area contributed by atoms with Crippen LogP contribution in [0.1, 0.15) is 189 Å². The van der Waals surface area contributed by atoms with Crippen LogP contribution in [-0.4, -0.2) is 147 Å². The lowest BCUT2D eigenvalue weighted by Gasteiger charge is -2.56. The number of ether oxygens (including phenoxy) is 5. The van der Waals surface area contributed by atoms with Crippen LogP contribution in [0.15, 0.2) is 163 Å². The average Bonchev–Trinajstić information content (AvgIpc) is 0.841. The summed E-state index contributed by atoms with van der Waals surface area (Å²) in [6, 6.07) is 31.5. The van der Waals surface area contributed by atoms with Gasteiger partial charge in [0.05, 0.1) is 114 Å². The highest BCUT2D eigenvalue weighted by Crippen LogP contribution is 2.58. The number of rotatable bonds is 32. The molecule has 20 rings (SSSR count). The number of aliphatic hydroxyl groups is 3. The van der Waals surface area contributed by atoms with E-state index in [1.165, 1.54) is 60.8 Å². The van der Waals surface area contributed by atoms with Crippen molar-refractivity contribution in [1.29, 1.82) is 0 Å². The Labute approximate surface area is 819 Å². The Morgan fingerprint density at radius 1 is 0.442 bits per heavy atom. The third-order valence-corrected chi connectivity index (χ3v) is 29.9. The van der Waals surface area contributed by atoms with Gasteiger partial charge in [0.2, 0.25) is 23.6 Å². The quantitative estimate of drug-likeness (QED) is 0.0138. The van der Waals surface area contributed by atoms with Crippen molar-refractivity contribution in [3.63, 3.8) is 0 Å². The maximum Gasteiger partial charge on any atom is 0.417 e. The molecule has 4 unspecified atom stereocenters. The first kappa shape index (κ1) is 105. The number of alkyl halides is 3. The van der Waals surface area contributed by atoms with Crippen molar-refractivity contribution >= 4 is 99.4 Å². The molecule has 12 aliphatic carbocycles. The molecule has 3 aromatic heterocycles. The number of fused-ring (bicyclic) bond motifs is 12. The fourth-order valence-electron chi connectivity index (χ4n) is 20.2. The first-order chi connectivity index (χ1) is 65.5. The zero-order valence-corrected chi connectivity index (χ0v) is 80.3. The number of carbonyl (C=O) groups is 7. The van der Waals surface area contributed by atoms with E-state index in [0.717, 1.165) is 60.2 Å². The van der Waals surface area contributed by atoms with E-state index >= 15 is 0 Å². The van der Waals surface area contributed by atoms with Crippen LogP contribution >= 0.6 is 58.0 Å². The number of hydrogen-bond acceptors (Lipinski definition) is 19. The lowest BCUT2D eigenvalue weighted by molar-refractivity contribution is -0.157. The predicted octanol–water partition coefficient (Wildman–Crippen LogP) is 17.0. The SMILES string of the molecule is C=C(COc1ccc(Cl)c(F)c1)NC12CCC(C(=O)NCc3ccc(Cl)cn3)(CC1)C(O)C2.CC(C)c1coc(CNC(=O)C23CCC(NC(=O)COc4ccc(Cl)c(F)c4)(CC2)CC3O)c1.CC1CC2(NC(=O)COc3ccc(Cl)c(F)c3)CCC1(C(=O)NCc1ccc(C(F)(F)F)cn1)CC2.Cc1ccc(OCCNC(=O)C23CCC(NC(=O)COc4ccc(Cl)c(F)c4)(CC2)CC3O)cc1. The smallest absolute Gasteiger partial charge is 0.417 e. The van der Waals surface area contributed by atoms with Crippen molar-refractivity contribution < 1.29 is 108 Å². The molecule has 11 N–H and O–H groups in total. The van der Waals surface area contributed by atoms with Crippen LogP contribution in [0, 0.1) is 57.8 Å². The van der Waals surface area contributed by atoms with E-state index in [9.17, 15) is 79.6 Å². The normalized spacial score (nSPS) is 25.6. The number of benzene rings is 5. The number of pyridine rings is 2. The van der Waals surface area contributed by atoms with E-state index in [-0.39, 0.29) is 136 Å². The zero-order valence-electron chi connectivity index (χ0n) is 76.5. The molecule has 3 heterocycles. The minimum atomic E-state index is -4.46. The Morgan fingerprint density at radius 3 is 1.15 bits per heavy atom. The van der Waals surface area contributed by atoms with Gasteiger partial charge < -0.3 is 86.0 Å². The van der Waals surface area contributed by atoms with Gasteiger partial charge in [-0.25, -0.2) is 17.6 Å². The lowest BCUT2D eigenvalue weighted by atomic mass is 9.52. The topological polar surface area (TPSA) is 361 Å². The molecule has 38 heteroatoms. The summed E-state index contributed by atoms with van der Waals surface area (Å²) in [6.07, 6.45) is 7.84. The van der Waals surface area contributed by atoms with Crippen LogP contribution in [0.3, 0.4) is 0 Å². The number of nitrogens with zero attached hydrogens (tertiary/aromatic N) is 2. The Kier molecular flexibility index (Phi) is 33.7. The van der Waals surface area contributed by atoms with Crippen LogP contribution in [0.4, 0.5) is 30.7 Å². The highest BCUT2D eigenvalue weighted by atomic mass is 35.5. The number of aryl methyl sites for hydroxylation is 1. The van der Waals surface area contributed by atoms with Crippen molar-refractivity contribution in [1.82, 2.24) is 52.5 Å². The largest absolute Gasteiger partial charge is 0.492 e. The Hall–Kier alpha value is -10.7. The first-order valence-electron chi connectivity index (χ1n) is 45.7. The first-order valence-corrected chi connectivity index (χ1v) is 47.6. The number of aromatic nitrogens is 2. The lowest BCUT2D eigenvalue weighted by Crippen LogP contribution is -2.65. The van der Waals surface area contributed by atoms with Gasteiger partial charge in [-0.05, 0) is 244 Å². The van der Waals surface area contributed by atoms with Crippen LogP contribution in [0.5, 0.6) is 28.7 Å². The van der Waals surface area contributed by atoms with Gasteiger partial charge in [-0.15, -0.1) is 0 Å². The van der Waals surface area contributed by atoms with E-state index in [1.807, 2.05) is 44.2 Å². The van der Waals surface area contributed by atoms with Crippen molar-refractivity contribution in [2.75, 3.05) is 39.6 Å². The molecule has 742 valence electrons. The van der Waals surface area contributed by atoms with Crippen molar-refractivity contribution in [3.8, 4) is 28.7 Å². The summed E-state index contributed by atoms with van der Waals surface area (Å²) < 4.78 is 125. The summed E-state index contributed by atoms with van der Waals surface area (Å²) in [6.45, 7) is 12.7. The second-order valence-electron chi connectivity index (χ2n) is 37.8. The fraction of sp³-hybridized carbons (Fsp3) is 0.470. The number of hydrogen-bond donors (Lipinski definition) is 11. The highest BCUT2D eigenvalue weighted by Gasteiger charge is 2.62. The molecule has 0 radical (unpaired) electrons. The number of halogens is 12. The van der Waals surface area contributed by atoms with Crippen molar-refractivity contribution in [2.24, 2.45) is 27.6 Å². The van der Waals surface area contributed by atoms with E-state index in [0.29, 0.717) is 168 Å². The molecule has 0 aliphatic heterocycles. The van der Waals surface area contributed by atoms with Gasteiger partial charge in [0.15, 0.2) is 19.8 Å². The third kappa shape index (κ3) is 25.4. The molecule has 26 nitrogen and oxygen atoms in total. The van der Waals surface area contributed by atoms with Gasteiger partial charge in [0.1, 0.15) is 71.0 Å². The molecule has 12 saturated carbocycles. The summed E-state index contributed by atoms with van der Waals surface area (Å²) in [4.78, 5) is 97.9. The summed E-state index contributed by atoms with van der Waals surface area (Å²) in [7, 11) is 0. The summed E-state index contributed by atoms with van der Waals surface area (Å²) in [5.41, 5.74) is -2.01. The molecule has 8 aromatic rings. The minimum Gasteiger partial charge on any atom is -0.492 e. The number of nitrogens with one attached hydrogen (secondary N) is 8. The van der Waals surface area contributed by atoms with Crippen LogP contribution < -0.4 is 66.2 Å². The van der Waals surface area contributed by atoms with Gasteiger partial charge in [0.25, 0.3) is 17.7 Å². The molecular weight excluding hydrogens is 1910 g/mol. The molecule has 138 heavy (non-hydrogen) atoms. The molecule has 7 amide bonds. The molecule has 4 atom stereocenters. The summed E-state index contributed by atoms with van der Waals surface area (Å²) >= 11 is 28.5. The van der Waals surface area contributed by atoms with Crippen molar-refractivity contribution in [2.45, 2.75) is 228 Å². The molecule has 12 aliphatic rings. The Balaban J connectivity index is 0.000000155. The summed E-state index contributed by atoms with van der Waals surface area (Å²) in [5, 5.41) is 57.3. The number of amides is 7. The molecule has 0 saturated heterocycles. The molecule has 8 bridgehead atoms. The average molecular weight is 2020 g/mol. The predicted molar refractivity (Wildman–Crippen MR) is 501 cm³/mol. The number of carbonyl (C=O) groups excluding carboxylic acids is 7. The maximum atomic E-state index is 13.6. The van der Waals surface area contributed by atoms with Crippen molar-refractivity contribution in [3.05, 3.63) is 241 Å². The number of furan rings is 1. The fourth-order valence-corrected chi connectivity index (χ4v) is 20.8. The van der Waals surface area contributed by atoms with Gasteiger partial charge in [0, 0.05) is 64.5 Å². The number of aliphatic hydroxyl groups excluding tert-OH is 3. The molecule has 12 fully saturated rings. The van der Waals surface area contributed by atoms with Crippen LogP contribution in [0.2, 0.25) is 25.1 Å². The second kappa shape index (κ2) is 44.4. The van der Waals surface area contributed by atoms with Gasteiger partial charge in [-0.3, -0.25) is 43.5 Å². The standard InChI is InChI=1S/C26H30ClFN2O5.C25H26ClF4N3O3.C25H30ClFN2O5.C24H26Cl2FN3O3/c1-17-2-4-18(5-3-17)34-13-12-29-24(33)26-10-8-25(9-11-26,15-22(26)31)30-23(32)16-35-19-6-7-20(27)21(28)14-19;1-15-11-23(33-21(34)14-36-18-4-5-19(26)20(27)10-18)6-8-24(15,9-7-23)22(35)32-13-17-3-2-16(12-31-17)25(28,29)30;1-15(2)16-9-18(33-13-16)12-28-23(32)25-7-5-24(6-8-25,11-21(25)30)29-22(31)14-34-17-3-4-19(26)20(27)10-17;1-15(14-33-18-4-5-19(26)20(27)10-18)30-23-6-8-24(9-7-23,21(31)11-23)22(32)29-13-17-3-2-16(25)12-28-17/h2-7,14,22,31H,8-13,15-16H2,1H3,(H,29,33)(H,30,32);2-5,10,12,15H,6-9,11,13-14H2,1H3,(H,32,35)(H,33,34);3-4,9-10,13,15,21,30H,5-8,11-12,14H2,1-2H3,(H,28,32)(H,29,31);2-5,10,12,21,30-31H,1,6-9,11,13-14H2,(H,29,32). The van der Waals surface area contributed by atoms with Crippen LogP contribution in [0.25, 0.3) is 0 Å². The van der Waals surface area contributed by atoms with E-state index < -0.39 is 91.6 Å². The van der Waals surface area contributed by atoms with E-state index in [2.05, 4.69) is 72.9 Å². The monoisotopic (exact) mass is 2020 g/mol. The highest BCUT2D eigenvalue weighted by molar-refractivity contribution is 6.32. The Morgan fingerprint density at radius 2 is 0.797 bits per heavy atom. The molecule has 0 spiro atoms. The minimum absolute atomic E-state index is 0.0212. The van der Waals surface area contributed by atoms with Gasteiger partial charge in [-0.2, -0.15) is 13.2 Å². The Bertz CT molecular complexity index is 5680.